The molecule has 4 heterocycles. The Hall–Kier alpha value is -2.45. The molecule has 1 atom stereocenters. The topological polar surface area (TPSA) is 44.3 Å². The highest BCUT2D eigenvalue weighted by Gasteiger charge is 2.38. The van der Waals surface area contributed by atoms with E-state index in [2.05, 4.69) is 46.6 Å². The number of aromatic nitrogens is 2. The summed E-state index contributed by atoms with van der Waals surface area (Å²) in [7, 11) is 0. The summed E-state index contributed by atoms with van der Waals surface area (Å²) in [6.45, 7) is 14.6. The summed E-state index contributed by atoms with van der Waals surface area (Å²) in [6, 6.07) is 6.69. The average Bonchev–Trinajstić information content (AvgIpc) is 2.98. The fourth-order valence-corrected chi connectivity index (χ4v) is 7.98. The molecule has 3 aliphatic rings. The number of benzene rings is 1. The molecule has 1 unspecified atom stereocenters. The molecule has 1 aromatic heterocycles. The summed E-state index contributed by atoms with van der Waals surface area (Å²) >= 11 is 2.03. The van der Waals surface area contributed by atoms with E-state index in [-0.39, 0.29) is 23.4 Å². The monoisotopic (exact) mass is 595 g/mol. The molecule has 0 aliphatic carbocycles. The largest absolute Gasteiger partial charge is 0.363 e. The van der Waals surface area contributed by atoms with E-state index in [1.165, 1.54) is 5.57 Å². The van der Waals surface area contributed by atoms with Crippen molar-refractivity contribution in [3.05, 3.63) is 65.1 Å². The van der Waals surface area contributed by atoms with Crippen molar-refractivity contribution >= 4 is 29.5 Å². The quantitative estimate of drug-likeness (QED) is 0.375. The number of fused-ring (bicyclic) bond motifs is 2. The maximum absolute atomic E-state index is 15.4. The summed E-state index contributed by atoms with van der Waals surface area (Å²) in [6.07, 6.45) is 10.8. The summed E-state index contributed by atoms with van der Waals surface area (Å²) < 4.78 is 30.7. The third-order valence-corrected chi connectivity index (χ3v) is 10.5. The molecule has 1 fully saturated rings. The molecule has 0 amide bonds. The predicted octanol–water partition coefficient (Wildman–Crippen LogP) is 8.67. The van der Waals surface area contributed by atoms with Crippen LogP contribution < -0.4 is 10.2 Å². The van der Waals surface area contributed by atoms with Crippen molar-refractivity contribution in [2.24, 2.45) is 5.41 Å². The number of hydrogen-bond donors (Lipinski definition) is 1. The molecule has 1 aromatic carbocycles. The molecule has 0 spiro atoms. The Balaban J connectivity index is 1.52. The Kier molecular flexibility index (Phi) is 9.93. The standard InChI is InChI=1S/C34H47F2N5S/c1-5-40-17-8-6-7-9-19-41-26(3)30(33(4)15-20-42-21-16-33)23-29-31(37-24-38-32(29)41)39-25(2)27-12-10-13-28(22-27)34(35,36)14-11-18-40/h10,12-13,22-25H,3,5-9,11,14-21H2,1-2,4H3,(H,37,38,39). The van der Waals surface area contributed by atoms with E-state index in [0.717, 1.165) is 98.1 Å². The lowest BCUT2D eigenvalue weighted by Crippen LogP contribution is -2.35. The van der Waals surface area contributed by atoms with Crippen molar-refractivity contribution in [3.63, 3.8) is 0 Å². The van der Waals surface area contributed by atoms with Crippen LogP contribution in [-0.4, -0.2) is 52.6 Å². The summed E-state index contributed by atoms with van der Waals surface area (Å²) in [4.78, 5) is 14.1. The van der Waals surface area contributed by atoms with Gasteiger partial charge < -0.3 is 15.1 Å². The second-order valence-electron chi connectivity index (χ2n) is 12.4. The fraction of sp³-hybridized carbons (Fsp3) is 0.588. The van der Waals surface area contributed by atoms with Crippen molar-refractivity contribution in [3.8, 4) is 0 Å². The Bertz CT molecular complexity index is 1270. The minimum absolute atomic E-state index is 0.0499. The summed E-state index contributed by atoms with van der Waals surface area (Å²) in [5.41, 5.74) is 4.27. The first-order chi connectivity index (χ1) is 20.2. The van der Waals surface area contributed by atoms with E-state index in [4.69, 9.17) is 4.98 Å². The maximum atomic E-state index is 15.4. The number of nitrogens with zero attached hydrogens (tertiary/aromatic N) is 4. The number of halogens is 2. The van der Waals surface area contributed by atoms with Crippen LogP contribution in [0.1, 0.15) is 94.9 Å². The zero-order valence-electron chi connectivity index (χ0n) is 25.6. The van der Waals surface area contributed by atoms with E-state index in [0.29, 0.717) is 13.0 Å². The van der Waals surface area contributed by atoms with Gasteiger partial charge in [-0.25, -0.2) is 18.7 Å². The summed E-state index contributed by atoms with van der Waals surface area (Å²) in [5.74, 6) is 1.06. The number of anilines is 2. The first kappa shape index (κ1) is 31.0. The lowest BCUT2D eigenvalue weighted by Gasteiger charge is -2.42. The van der Waals surface area contributed by atoms with E-state index >= 15 is 8.78 Å². The molecule has 2 aromatic rings. The molecular formula is C34H47F2N5S. The van der Waals surface area contributed by atoms with Gasteiger partial charge in [-0.1, -0.05) is 51.5 Å². The van der Waals surface area contributed by atoms with E-state index < -0.39 is 5.92 Å². The minimum atomic E-state index is -2.86. The van der Waals surface area contributed by atoms with Gasteiger partial charge in [0.2, 0.25) is 0 Å². The summed E-state index contributed by atoms with van der Waals surface area (Å²) in [5, 5.41) is 3.57. The first-order valence-corrected chi connectivity index (χ1v) is 17.0. The molecule has 5 nitrogen and oxygen atoms in total. The zero-order chi connectivity index (χ0) is 29.7. The van der Waals surface area contributed by atoms with Gasteiger partial charge in [0.25, 0.3) is 5.92 Å². The van der Waals surface area contributed by atoms with E-state index in [9.17, 15) is 0 Å². The van der Waals surface area contributed by atoms with Crippen LogP contribution in [0.15, 0.2) is 48.4 Å². The number of hydrogen-bond acceptors (Lipinski definition) is 6. The van der Waals surface area contributed by atoms with Gasteiger partial charge >= 0.3 is 0 Å². The number of thioether (sulfide) groups is 1. The van der Waals surface area contributed by atoms with Gasteiger partial charge in [-0.3, -0.25) is 0 Å². The Labute approximate surface area is 255 Å². The van der Waals surface area contributed by atoms with Crippen molar-refractivity contribution in [2.75, 3.05) is 47.9 Å². The van der Waals surface area contributed by atoms with Crippen molar-refractivity contribution in [1.82, 2.24) is 14.9 Å². The first-order valence-electron chi connectivity index (χ1n) is 15.8. The molecule has 0 radical (unpaired) electrons. The molecular weight excluding hydrogens is 548 g/mol. The smallest absolute Gasteiger partial charge is 0.273 e. The highest BCUT2D eigenvalue weighted by Crippen LogP contribution is 2.49. The molecule has 3 aliphatic heterocycles. The Morgan fingerprint density at radius 3 is 2.52 bits per heavy atom. The molecule has 1 saturated heterocycles. The van der Waals surface area contributed by atoms with Crippen molar-refractivity contribution in [2.45, 2.75) is 84.1 Å². The molecule has 1 N–H and O–H groups in total. The SMILES string of the molecule is C=C1C(C2(C)CCSCC2)=Cc2c3ncnc2N1CCCCCCN(CC)CCCC(F)(F)c1cccc(c1)C(C)N3. The molecule has 42 heavy (non-hydrogen) atoms. The van der Waals surface area contributed by atoms with Gasteiger partial charge in [0.1, 0.15) is 18.0 Å². The van der Waals surface area contributed by atoms with E-state index in [1.54, 1.807) is 24.5 Å². The van der Waals surface area contributed by atoms with Gasteiger partial charge in [-0.05, 0) is 98.9 Å². The average molecular weight is 596 g/mol. The van der Waals surface area contributed by atoms with Crippen LogP contribution in [0.4, 0.5) is 20.4 Å². The lowest BCUT2D eigenvalue weighted by molar-refractivity contribution is -0.0174. The molecule has 8 heteroatoms. The Morgan fingerprint density at radius 1 is 1.02 bits per heavy atom. The van der Waals surface area contributed by atoms with Crippen LogP contribution in [0, 0.1) is 5.41 Å². The normalized spacial score (nSPS) is 23.9. The highest BCUT2D eigenvalue weighted by molar-refractivity contribution is 7.99. The number of rotatable bonds is 2. The fourth-order valence-electron chi connectivity index (χ4n) is 6.58. The third kappa shape index (κ3) is 6.85. The van der Waals surface area contributed by atoms with Gasteiger partial charge in [0, 0.05) is 30.3 Å². The van der Waals surface area contributed by atoms with Crippen LogP contribution >= 0.6 is 11.8 Å². The highest BCUT2D eigenvalue weighted by atomic mass is 32.2. The van der Waals surface area contributed by atoms with E-state index in [1.807, 2.05) is 24.8 Å². The third-order valence-electron chi connectivity index (χ3n) is 9.47. The van der Waals surface area contributed by atoms with Crippen molar-refractivity contribution < 1.29 is 8.78 Å². The second-order valence-corrected chi connectivity index (χ2v) is 13.7. The number of allylic oxidation sites excluding steroid dienone is 1. The predicted molar refractivity (Wildman–Crippen MR) is 173 cm³/mol. The molecule has 228 valence electrons. The van der Waals surface area contributed by atoms with Crippen LogP contribution in [0.25, 0.3) is 6.08 Å². The van der Waals surface area contributed by atoms with Gasteiger partial charge in [0.05, 0.1) is 5.56 Å². The minimum Gasteiger partial charge on any atom is -0.363 e. The van der Waals surface area contributed by atoms with Gasteiger partial charge in [-0.2, -0.15) is 11.8 Å². The lowest BCUT2D eigenvalue weighted by atomic mass is 9.74. The van der Waals surface area contributed by atoms with Crippen LogP contribution in [0.2, 0.25) is 0 Å². The molecule has 6 bridgehead atoms. The Morgan fingerprint density at radius 2 is 1.76 bits per heavy atom. The molecule has 5 rings (SSSR count). The number of alkyl halides is 2. The van der Waals surface area contributed by atoms with Crippen LogP contribution in [0.5, 0.6) is 0 Å². The van der Waals surface area contributed by atoms with Crippen molar-refractivity contribution in [1.29, 1.82) is 0 Å². The number of nitrogens with one attached hydrogen (secondary N) is 1. The van der Waals surface area contributed by atoms with Crippen LogP contribution in [-0.2, 0) is 5.92 Å². The molecule has 0 saturated carbocycles. The zero-order valence-corrected chi connectivity index (χ0v) is 26.4. The maximum Gasteiger partial charge on any atom is 0.273 e. The van der Waals surface area contributed by atoms with Crippen LogP contribution in [0.3, 0.4) is 0 Å². The second kappa shape index (κ2) is 13.5. The van der Waals surface area contributed by atoms with Gasteiger partial charge in [-0.15, -0.1) is 0 Å². The van der Waals surface area contributed by atoms with Gasteiger partial charge in [0.15, 0.2) is 0 Å².